The summed E-state index contributed by atoms with van der Waals surface area (Å²) < 4.78 is 5.07. The minimum absolute atomic E-state index is 0.193. The molecule has 2 aromatic rings. The summed E-state index contributed by atoms with van der Waals surface area (Å²) >= 11 is 0. The van der Waals surface area contributed by atoms with Crippen molar-refractivity contribution in [2.24, 2.45) is 0 Å². The molecule has 2 rings (SSSR count). The zero-order chi connectivity index (χ0) is 14.4. The highest BCUT2D eigenvalue weighted by Gasteiger charge is 2.16. The Labute approximate surface area is 117 Å². The van der Waals surface area contributed by atoms with Crippen molar-refractivity contribution in [3.63, 3.8) is 0 Å². The fourth-order valence-electron chi connectivity index (χ4n) is 1.75. The Morgan fingerprint density at radius 2 is 1.85 bits per heavy atom. The van der Waals surface area contributed by atoms with Crippen molar-refractivity contribution in [3.8, 4) is 0 Å². The van der Waals surface area contributed by atoms with Crippen molar-refractivity contribution in [2.75, 3.05) is 0 Å². The van der Waals surface area contributed by atoms with E-state index in [0.29, 0.717) is 5.76 Å². The second-order valence-corrected chi connectivity index (χ2v) is 4.37. The van der Waals surface area contributed by atoms with Crippen LogP contribution in [0.4, 0.5) is 0 Å². The van der Waals surface area contributed by atoms with E-state index in [0.717, 1.165) is 5.56 Å². The van der Waals surface area contributed by atoms with Gasteiger partial charge in [-0.2, -0.15) is 0 Å². The summed E-state index contributed by atoms with van der Waals surface area (Å²) in [4.78, 5) is 23.4. The zero-order valence-electron chi connectivity index (χ0n) is 11.1. The van der Waals surface area contributed by atoms with Crippen molar-refractivity contribution in [1.29, 1.82) is 0 Å². The Morgan fingerprint density at radius 3 is 2.50 bits per heavy atom. The van der Waals surface area contributed by atoms with Crippen LogP contribution >= 0.6 is 0 Å². The minimum atomic E-state index is -0.677. The van der Waals surface area contributed by atoms with E-state index < -0.39 is 11.8 Å². The smallest absolute Gasteiger partial charge is 0.309 e. The molecule has 2 N–H and O–H groups in total. The highest BCUT2D eigenvalue weighted by molar-refractivity contribution is 6.35. The van der Waals surface area contributed by atoms with Gasteiger partial charge in [-0.3, -0.25) is 9.59 Å². The maximum atomic E-state index is 11.7. The maximum absolute atomic E-state index is 11.7. The van der Waals surface area contributed by atoms with Crippen LogP contribution < -0.4 is 10.6 Å². The normalized spacial score (nSPS) is 11.7. The summed E-state index contributed by atoms with van der Waals surface area (Å²) in [7, 11) is 0. The first kappa shape index (κ1) is 13.9. The number of benzene rings is 1. The summed E-state index contributed by atoms with van der Waals surface area (Å²) in [6.07, 6.45) is 1.51. The Hall–Kier alpha value is -2.56. The molecule has 0 bridgehead atoms. The number of nitrogens with one attached hydrogen (secondary N) is 2. The third-order valence-corrected chi connectivity index (χ3v) is 2.86. The Bertz CT molecular complexity index is 564. The highest BCUT2D eigenvalue weighted by atomic mass is 16.3. The molecule has 104 valence electrons. The second-order valence-electron chi connectivity index (χ2n) is 4.37. The van der Waals surface area contributed by atoms with Crippen molar-refractivity contribution >= 4 is 11.8 Å². The molecule has 0 spiro atoms. The van der Waals surface area contributed by atoms with E-state index in [1.807, 2.05) is 37.3 Å². The molecule has 1 heterocycles. The fraction of sp³-hybridized carbons (Fsp3) is 0.200. The van der Waals surface area contributed by atoms with Gasteiger partial charge in [0.2, 0.25) is 0 Å². The Kier molecular flexibility index (Phi) is 4.55. The lowest BCUT2D eigenvalue weighted by Crippen LogP contribution is -2.40. The molecule has 1 aromatic carbocycles. The molecular weight excluding hydrogens is 256 g/mol. The molecule has 0 aliphatic carbocycles. The SMILES string of the molecule is CC(NC(=O)C(=O)NCc1ccco1)c1ccccc1. The number of carbonyl (C=O) groups excluding carboxylic acids is 2. The van der Waals surface area contributed by atoms with Gasteiger partial charge < -0.3 is 15.1 Å². The van der Waals surface area contributed by atoms with Gasteiger partial charge in [-0.05, 0) is 24.6 Å². The van der Waals surface area contributed by atoms with E-state index in [1.54, 1.807) is 12.1 Å². The second kappa shape index (κ2) is 6.56. The molecule has 1 atom stereocenters. The largest absolute Gasteiger partial charge is 0.467 e. The number of furan rings is 1. The molecule has 0 fully saturated rings. The van der Waals surface area contributed by atoms with E-state index in [1.165, 1.54) is 6.26 Å². The van der Waals surface area contributed by atoms with Crippen molar-refractivity contribution in [2.45, 2.75) is 19.5 Å². The van der Waals surface area contributed by atoms with Gasteiger partial charge in [0.25, 0.3) is 0 Å². The number of rotatable bonds is 4. The summed E-state index contributed by atoms with van der Waals surface area (Å²) in [6.45, 7) is 2.02. The molecule has 0 aliphatic rings. The molecule has 5 nitrogen and oxygen atoms in total. The van der Waals surface area contributed by atoms with Gasteiger partial charge >= 0.3 is 11.8 Å². The van der Waals surface area contributed by atoms with Crippen LogP contribution in [0.2, 0.25) is 0 Å². The molecule has 1 aromatic heterocycles. The molecule has 1 unspecified atom stereocenters. The van der Waals surface area contributed by atoms with Crippen molar-refractivity contribution in [3.05, 3.63) is 60.1 Å². The molecule has 2 amide bonds. The summed E-state index contributed by atoms with van der Waals surface area (Å²) in [6, 6.07) is 12.7. The van der Waals surface area contributed by atoms with Gasteiger partial charge in [0.1, 0.15) is 5.76 Å². The standard InChI is InChI=1S/C15H16N2O3/c1-11(12-6-3-2-4-7-12)17-15(19)14(18)16-10-13-8-5-9-20-13/h2-9,11H,10H2,1H3,(H,16,18)(H,17,19). The molecule has 0 aliphatic heterocycles. The van der Waals surface area contributed by atoms with Crippen LogP contribution in [0.25, 0.3) is 0 Å². The highest BCUT2D eigenvalue weighted by Crippen LogP contribution is 2.10. The van der Waals surface area contributed by atoms with Gasteiger partial charge in [0.15, 0.2) is 0 Å². The van der Waals surface area contributed by atoms with Gasteiger partial charge in [0, 0.05) is 0 Å². The molecular formula is C15H16N2O3. The summed E-state index contributed by atoms with van der Waals surface area (Å²) in [5, 5.41) is 5.14. The van der Waals surface area contributed by atoms with Gasteiger partial charge in [-0.15, -0.1) is 0 Å². The predicted octanol–water partition coefficient (Wildman–Crippen LogP) is 1.77. The lowest BCUT2D eigenvalue weighted by Gasteiger charge is -2.13. The van der Waals surface area contributed by atoms with Gasteiger partial charge in [-0.1, -0.05) is 30.3 Å². The molecule has 20 heavy (non-hydrogen) atoms. The average molecular weight is 272 g/mol. The number of hydrogen-bond acceptors (Lipinski definition) is 3. The Balaban J connectivity index is 1.83. The van der Waals surface area contributed by atoms with Crippen LogP contribution in [0.1, 0.15) is 24.3 Å². The molecule has 5 heteroatoms. The molecule has 0 saturated heterocycles. The average Bonchev–Trinajstić information content (AvgIpc) is 2.98. The van der Waals surface area contributed by atoms with Crippen molar-refractivity contribution < 1.29 is 14.0 Å². The van der Waals surface area contributed by atoms with E-state index in [-0.39, 0.29) is 12.6 Å². The lowest BCUT2D eigenvalue weighted by molar-refractivity contribution is -0.139. The first-order valence-electron chi connectivity index (χ1n) is 6.33. The van der Waals surface area contributed by atoms with E-state index in [9.17, 15) is 9.59 Å². The van der Waals surface area contributed by atoms with E-state index >= 15 is 0 Å². The van der Waals surface area contributed by atoms with E-state index in [4.69, 9.17) is 4.42 Å². The van der Waals surface area contributed by atoms with Gasteiger partial charge in [-0.25, -0.2) is 0 Å². The minimum Gasteiger partial charge on any atom is -0.467 e. The number of amides is 2. The maximum Gasteiger partial charge on any atom is 0.309 e. The topological polar surface area (TPSA) is 71.3 Å². The third-order valence-electron chi connectivity index (χ3n) is 2.86. The quantitative estimate of drug-likeness (QED) is 0.833. The van der Waals surface area contributed by atoms with Crippen molar-refractivity contribution in [1.82, 2.24) is 10.6 Å². The van der Waals surface area contributed by atoms with E-state index in [2.05, 4.69) is 10.6 Å². The van der Waals surface area contributed by atoms with Crippen LogP contribution in [0.15, 0.2) is 53.1 Å². The molecule has 0 radical (unpaired) electrons. The van der Waals surface area contributed by atoms with Crippen LogP contribution in [0.3, 0.4) is 0 Å². The lowest BCUT2D eigenvalue weighted by atomic mass is 10.1. The monoisotopic (exact) mass is 272 g/mol. The van der Waals surface area contributed by atoms with Crippen LogP contribution in [0.5, 0.6) is 0 Å². The molecule has 0 saturated carbocycles. The Morgan fingerprint density at radius 1 is 1.10 bits per heavy atom. The van der Waals surface area contributed by atoms with Gasteiger partial charge in [0.05, 0.1) is 18.8 Å². The number of hydrogen-bond donors (Lipinski definition) is 2. The third kappa shape index (κ3) is 3.71. The summed E-state index contributed by atoms with van der Waals surface area (Å²) in [5.74, 6) is -0.737. The predicted molar refractivity (Wildman–Crippen MR) is 73.6 cm³/mol. The fourth-order valence-corrected chi connectivity index (χ4v) is 1.75. The first-order chi connectivity index (χ1) is 9.66. The number of carbonyl (C=O) groups is 2. The summed E-state index contributed by atoms with van der Waals surface area (Å²) in [5.41, 5.74) is 0.944. The zero-order valence-corrected chi connectivity index (χ0v) is 11.1. The van der Waals surface area contributed by atoms with Crippen LogP contribution in [-0.4, -0.2) is 11.8 Å². The van der Waals surface area contributed by atoms with Crippen LogP contribution in [0, 0.1) is 0 Å². The van der Waals surface area contributed by atoms with Crippen LogP contribution in [-0.2, 0) is 16.1 Å². The first-order valence-corrected chi connectivity index (χ1v) is 6.33.